The molecule has 0 spiro atoms. The topological polar surface area (TPSA) is 63.5 Å². The normalized spacial score (nSPS) is 24.2. The molecule has 2 N–H and O–H groups in total. The molecule has 1 aromatic carbocycles. The van der Waals surface area contributed by atoms with Gasteiger partial charge in [-0.2, -0.15) is 13.2 Å². The molecule has 2 saturated heterocycles. The summed E-state index contributed by atoms with van der Waals surface area (Å²) >= 11 is 0. The molecule has 3 atom stereocenters. The number of furan rings is 1. The molecule has 0 unspecified atom stereocenters. The molecular weight excluding hydrogens is 361 g/mol. The molecule has 2 amide bonds. The summed E-state index contributed by atoms with van der Waals surface area (Å²) in [6, 6.07) is 7.88. The van der Waals surface area contributed by atoms with Crippen LogP contribution in [0.15, 0.2) is 40.8 Å². The molecule has 3 heterocycles. The van der Waals surface area contributed by atoms with E-state index >= 15 is 0 Å². The Labute approximate surface area is 153 Å². The Morgan fingerprint density at radius 2 is 2.04 bits per heavy atom. The second kappa shape index (κ2) is 6.92. The van der Waals surface area contributed by atoms with Crippen LogP contribution in [0.1, 0.15) is 30.6 Å². The second-order valence-electron chi connectivity index (χ2n) is 6.89. The minimum atomic E-state index is -4.41. The maximum atomic E-state index is 12.8. The van der Waals surface area contributed by atoms with Crippen LogP contribution in [0.3, 0.4) is 0 Å². The molecule has 0 saturated carbocycles. The molecule has 5 nitrogen and oxygen atoms in total. The van der Waals surface area contributed by atoms with Crippen LogP contribution in [-0.4, -0.2) is 24.3 Å². The van der Waals surface area contributed by atoms with Crippen LogP contribution in [0.5, 0.6) is 0 Å². The summed E-state index contributed by atoms with van der Waals surface area (Å²) < 4.78 is 49.7. The maximum Gasteiger partial charge on any atom is 0.416 e. The van der Waals surface area contributed by atoms with Crippen LogP contribution in [-0.2, 0) is 17.5 Å². The molecule has 8 heteroatoms. The van der Waals surface area contributed by atoms with Gasteiger partial charge in [-0.15, -0.1) is 0 Å². The average molecular weight is 380 g/mol. The molecule has 2 aromatic rings. The first-order valence-corrected chi connectivity index (χ1v) is 8.84. The van der Waals surface area contributed by atoms with Gasteiger partial charge in [0.1, 0.15) is 11.5 Å². The lowest BCUT2D eigenvalue weighted by Gasteiger charge is -2.20. The number of alkyl halides is 3. The van der Waals surface area contributed by atoms with Crippen LogP contribution in [0.2, 0.25) is 0 Å². The van der Waals surface area contributed by atoms with Crippen molar-refractivity contribution in [1.82, 2.24) is 10.6 Å². The van der Waals surface area contributed by atoms with Crippen molar-refractivity contribution in [3.63, 3.8) is 0 Å². The Hall–Kier alpha value is -2.48. The molecular formula is C19H19F3N2O3. The van der Waals surface area contributed by atoms with Crippen LogP contribution >= 0.6 is 0 Å². The van der Waals surface area contributed by atoms with E-state index < -0.39 is 11.7 Å². The molecule has 2 aliphatic rings. The molecule has 2 bridgehead atoms. The number of halogens is 3. The maximum absolute atomic E-state index is 12.8. The number of carbonyl (C=O) groups is 1. The van der Waals surface area contributed by atoms with Crippen molar-refractivity contribution in [2.45, 2.75) is 50.2 Å². The number of hydrogen-bond donors (Lipinski definition) is 2. The first kappa shape index (κ1) is 17.9. The van der Waals surface area contributed by atoms with E-state index in [4.69, 9.17) is 9.15 Å². The van der Waals surface area contributed by atoms with Gasteiger partial charge in [0.2, 0.25) is 0 Å². The van der Waals surface area contributed by atoms with E-state index in [-0.39, 0.29) is 30.8 Å². The number of nitrogens with one attached hydrogen (secondary N) is 2. The minimum absolute atomic E-state index is 0.0287. The monoisotopic (exact) mass is 380 g/mol. The molecule has 144 valence electrons. The highest BCUT2D eigenvalue weighted by Crippen LogP contribution is 2.34. The summed E-state index contributed by atoms with van der Waals surface area (Å²) in [6.45, 7) is 0.145. The van der Waals surface area contributed by atoms with Crippen molar-refractivity contribution >= 4 is 6.03 Å². The van der Waals surface area contributed by atoms with Crippen molar-refractivity contribution in [1.29, 1.82) is 0 Å². The van der Waals surface area contributed by atoms with Crippen molar-refractivity contribution in [3.8, 4) is 11.3 Å². The van der Waals surface area contributed by atoms with Gasteiger partial charge < -0.3 is 19.8 Å². The van der Waals surface area contributed by atoms with Gasteiger partial charge in [-0.3, -0.25) is 0 Å². The van der Waals surface area contributed by atoms with Crippen LogP contribution in [0, 0.1) is 0 Å². The van der Waals surface area contributed by atoms with E-state index in [9.17, 15) is 18.0 Å². The van der Waals surface area contributed by atoms with Gasteiger partial charge in [0, 0.05) is 5.56 Å². The largest absolute Gasteiger partial charge is 0.459 e. The number of benzene rings is 1. The van der Waals surface area contributed by atoms with E-state index in [2.05, 4.69) is 10.6 Å². The highest BCUT2D eigenvalue weighted by atomic mass is 19.4. The van der Waals surface area contributed by atoms with Crippen LogP contribution < -0.4 is 10.6 Å². The van der Waals surface area contributed by atoms with Gasteiger partial charge in [-0.1, -0.05) is 12.1 Å². The van der Waals surface area contributed by atoms with E-state index in [1.165, 1.54) is 6.07 Å². The summed E-state index contributed by atoms with van der Waals surface area (Å²) in [5.74, 6) is 0.779. The predicted molar refractivity (Wildman–Crippen MR) is 90.8 cm³/mol. The van der Waals surface area contributed by atoms with E-state index in [0.717, 1.165) is 31.4 Å². The zero-order valence-corrected chi connectivity index (χ0v) is 14.4. The first-order valence-electron chi connectivity index (χ1n) is 8.84. The Balaban J connectivity index is 1.34. The third-order valence-electron chi connectivity index (χ3n) is 4.98. The van der Waals surface area contributed by atoms with Crippen LogP contribution in [0.4, 0.5) is 18.0 Å². The lowest BCUT2D eigenvalue weighted by atomic mass is 9.96. The van der Waals surface area contributed by atoms with Crippen LogP contribution in [0.25, 0.3) is 11.3 Å². The van der Waals surface area contributed by atoms with Crippen molar-refractivity contribution in [2.24, 2.45) is 0 Å². The molecule has 0 aliphatic carbocycles. The molecule has 2 fully saturated rings. The number of amides is 2. The number of fused-ring (bicyclic) bond motifs is 2. The standard InChI is InChI=1S/C19H19F3N2O3/c20-19(21,22)12-3-1-2-11(8-12)16-6-5-14(27-16)10-23-18(25)24-15-9-13-4-7-17(15)26-13/h1-3,5-6,8,13,15,17H,4,7,9-10H2,(H2,23,24,25)/t13-,15-,17+/m1/s1. The Morgan fingerprint density at radius 1 is 1.19 bits per heavy atom. The number of carbonyl (C=O) groups excluding carboxylic acids is 1. The third kappa shape index (κ3) is 3.95. The zero-order valence-electron chi connectivity index (χ0n) is 14.4. The highest BCUT2D eigenvalue weighted by Gasteiger charge is 2.41. The summed E-state index contributed by atoms with van der Waals surface area (Å²) in [5.41, 5.74) is -0.400. The predicted octanol–water partition coefficient (Wildman–Crippen LogP) is 4.08. The zero-order chi connectivity index (χ0) is 19.0. The van der Waals surface area contributed by atoms with Crippen molar-refractivity contribution in [3.05, 3.63) is 47.7 Å². The van der Waals surface area contributed by atoms with Gasteiger partial charge in [-0.25, -0.2) is 4.79 Å². The molecule has 1 aromatic heterocycles. The van der Waals surface area contributed by atoms with Gasteiger partial charge in [0.15, 0.2) is 0 Å². The third-order valence-corrected chi connectivity index (χ3v) is 4.98. The number of rotatable bonds is 4. The Bertz CT molecular complexity index is 834. The molecule has 27 heavy (non-hydrogen) atoms. The Kier molecular flexibility index (Phi) is 4.59. The van der Waals surface area contributed by atoms with E-state index in [0.29, 0.717) is 17.1 Å². The number of urea groups is 1. The molecule has 4 rings (SSSR count). The van der Waals surface area contributed by atoms with E-state index in [1.807, 2.05) is 0 Å². The van der Waals surface area contributed by atoms with Gasteiger partial charge in [0.25, 0.3) is 0 Å². The van der Waals surface area contributed by atoms with Gasteiger partial charge in [0.05, 0.1) is 30.4 Å². The summed E-state index contributed by atoms with van der Waals surface area (Å²) in [5, 5.41) is 5.61. The lowest BCUT2D eigenvalue weighted by Crippen LogP contribution is -2.46. The van der Waals surface area contributed by atoms with Gasteiger partial charge in [-0.05, 0) is 43.5 Å². The molecule has 0 radical (unpaired) electrons. The smallest absolute Gasteiger partial charge is 0.416 e. The van der Waals surface area contributed by atoms with Gasteiger partial charge >= 0.3 is 12.2 Å². The van der Waals surface area contributed by atoms with Crippen molar-refractivity contribution in [2.75, 3.05) is 0 Å². The SMILES string of the molecule is O=C(NCc1ccc(-c2cccc(C(F)(F)F)c2)o1)N[C@@H]1C[C@H]2CC[C@@H]1O2. The number of ether oxygens (including phenoxy) is 1. The lowest BCUT2D eigenvalue weighted by molar-refractivity contribution is -0.137. The Morgan fingerprint density at radius 3 is 2.74 bits per heavy atom. The number of hydrogen-bond acceptors (Lipinski definition) is 3. The van der Waals surface area contributed by atoms with E-state index in [1.54, 1.807) is 18.2 Å². The van der Waals surface area contributed by atoms with Crippen molar-refractivity contribution < 1.29 is 27.1 Å². The second-order valence-corrected chi connectivity index (χ2v) is 6.89. The fourth-order valence-electron chi connectivity index (χ4n) is 3.65. The summed E-state index contributed by atoms with van der Waals surface area (Å²) in [4.78, 5) is 12.0. The quantitative estimate of drug-likeness (QED) is 0.840. The average Bonchev–Trinajstić information content (AvgIpc) is 3.36. The summed E-state index contributed by atoms with van der Waals surface area (Å²) in [7, 11) is 0. The fourth-order valence-corrected chi connectivity index (χ4v) is 3.65. The molecule has 2 aliphatic heterocycles. The summed E-state index contributed by atoms with van der Waals surface area (Å²) in [6.07, 6.45) is -1.21. The fraction of sp³-hybridized carbons (Fsp3) is 0.421. The highest BCUT2D eigenvalue weighted by molar-refractivity contribution is 5.74. The minimum Gasteiger partial charge on any atom is -0.459 e. The first-order chi connectivity index (χ1) is 12.9.